The fourth-order valence-electron chi connectivity index (χ4n) is 2.05. The second kappa shape index (κ2) is 6.09. The summed E-state index contributed by atoms with van der Waals surface area (Å²) in [5, 5.41) is 22.4. The monoisotopic (exact) mass is 350 g/mol. The normalized spacial score (nSPS) is 12.1. The highest BCUT2D eigenvalue weighted by molar-refractivity contribution is 9.09. The molecule has 0 fully saturated rings. The summed E-state index contributed by atoms with van der Waals surface area (Å²) in [7, 11) is 0. The van der Waals surface area contributed by atoms with E-state index in [1.165, 1.54) is 4.57 Å². The molecule has 0 radical (unpaired) electrons. The molecule has 110 valence electrons. The minimum atomic E-state index is -1.64. The predicted octanol–water partition coefficient (Wildman–Crippen LogP) is 0.114. The summed E-state index contributed by atoms with van der Waals surface area (Å²) in [6, 6.07) is 9.06. The third-order valence-electron chi connectivity index (χ3n) is 2.92. The summed E-state index contributed by atoms with van der Waals surface area (Å²) in [5.41, 5.74) is -0.288. The Morgan fingerprint density at radius 2 is 1.86 bits per heavy atom. The number of imidazole rings is 1. The number of aromatic carboxylic acids is 2. The van der Waals surface area contributed by atoms with Gasteiger partial charge in [0.2, 0.25) is 0 Å². The number of carbonyl (C=O) groups is 2. The highest BCUT2D eigenvalue weighted by atomic mass is 79.9. The number of hydrogen-bond donors (Lipinski definition) is 0. The van der Waals surface area contributed by atoms with Gasteiger partial charge in [0.1, 0.15) is 11.5 Å². The number of aromatic nitrogens is 2. The fourth-order valence-corrected chi connectivity index (χ4v) is 2.40. The standard InChI is InChI=1S/C14H13BrN2O4/c1-8(15)12-16-10(13(18)19)11(14(20)21)17(12)7-9-5-3-2-4-6-9/h2-6,8H,7H2,1H3,(H,18,19)(H,20,21)/p-2. The summed E-state index contributed by atoms with van der Waals surface area (Å²) in [6.07, 6.45) is 0. The molecule has 0 aliphatic heterocycles. The van der Waals surface area contributed by atoms with Gasteiger partial charge < -0.3 is 24.4 Å². The summed E-state index contributed by atoms with van der Waals surface area (Å²) < 4.78 is 1.31. The predicted molar refractivity (Wildman–Crippen MR) is 73.8 cm³/mol. The average molecular weight is 351 g/mol. The lowest BCUT2D eigenvalue weighted by Gasteiger charge is -2.14. The van der Waals surface area contributed by atoms with Crippen molar-refractivity contribution >= 4 is 27.9 Å². The lowest BCUT2D eigenvalue weighted by atomic mass is 10.2. The summed E-state index contributed by atoms with van der Waals surface area (Å²) in [5.74, 6) is -2.95. The smallest absolute Gasteiger partial charge is 0.123 e. The molecule has 1 aromatic carbocycles. The van der Waals surface area contributed by atoms with Gasteiger partial charge in [-0.15, -0.1) is 0 Å². The van der Waals surface area contributed by atoms with E-state index in [0.717, 1.165) is 5.56 Å². The van der Waals surface area contributed by atoms with E-state index >= 15 is 0 Å². The molecule has 7 heteroatoms. The molecule has 0 saturated carbocycles. The van der Waals surface area contributed by atoms with Gasteiger partial charge in [0.25, 0.3) is 0 Å². The lowest BCUT2D eigenvalue weighted by Crippen LogP contribution is -2.32. The first-order valence-electron chi connectivity index (χ1n) is 6.13. The van der Waals surface area contributed by atoms with Crippen molar-refractivity contribution in [3.05, 3.63) is 53.1 Å². The maximum atomic E-state index is 11.3. The van der Waals surface area contributed by atoms with Crippen LogP contribution in [0.1, 0.15) is 44.1 Å². The Hall–Kier alpha value is -2.15. The lowest BCUT2D eigenvalue weighted by molar-refractivity contribution is -0.260. The average Bonchev–Trinajstić information content (AvgIpc) is 2.79. The Morgan fingerprint density at radius 1 is 1.24 bits per heavy atom. The molecule has 1 aromatic heterocycles. The maximum absolute atomic E-state index is 11.3. The first kappa shape index (κ1) is 15.2. The third kappa shape index (κ3) is 3.13. The van der Waals surface area contributed by atoms with Crippen molar-refractivity contribution in [2.75, 3.05) is 0 Å². The Bertz CT molecular complexity index is 680. The van der Waals surface area contributed by atoms with E-state index in [2.05, 4.69) is 20.9 Å². The van der Waals surface area contributed by atoms with E-state index in [0.29, 0.717) is 0 Å². The highest BCUT2D eigenvalue weighted by Crippen LogP contribution is 2.25. The Labute approximate surface area is 129 Å². The largest absolute Gasteiger partial charge is 0.543 e. The maximum Gasteiger partial charge on any atom is 0.123 e. The van der Waals surface area contributed by atoms with Crippen molar-refractivity contribution in [3.8, 4) is 0 Å². The molecule has 1 unspecified atom stereocenters. The second-order valence-electron chi connectivity index (χ2n) is 4.43. The first-order valence-corrected chi connectivity index (χ1v) is 7.04. The van der Waals surface area contributed by atoms with Gasteiger partial charge in [-0.05, 0) is 12.5 Å². The van der Waals surface area contributed by atoms with Crippen LogP contribution in [0.5, 0.6) is 0 Å². The quantitative estimate of drug-likeness (QED) is 0.713. The Morgan fingerprint density at radius 3 is 2.33 bits per heavy atom. The van der Waals surface area contributed by atoms with E-state index in [-0.39, 0.29) is 17.2 Å². The van der Waals surface area contributed by atoms with Crippen LogP contribution in [0.4, 0.5) is 0 Å². The number of carboxylic acids is 2. The number of carbonyl (C=O) groups excluding carboxylic acids is 2. The van der Waals surface area contributed by atoms with Crippen LogP contribution in [-0.4, -0.2) is 21.5 Å². The van der Waals surface area contributed by atoms with Gasteiger partial charge in [-0.3, -0.25) is 0 Å². The molecule has 0 bridgehead atoms. The van der Waals surface area contributed by atoms with Crippen LogP contribution in [0.2, 0.25) is 0 Å². The van der Waals surface area contributed by atoms with Crippen LogP contribution in [0, 0.1) is 0 Å². The van der Waals surface area contributed by atoms with Crippen LogP contribution in [-0.2, 0) is 6.54 Å². The minimum absolute atomic E-state index is 0.176. The van der Waals surface area contributed by atoms with Crippen molar-refractivity contribution in [2.45, 2.75) is 18.3 Å². The van der Waals surface area contributed by atoms with Gasteiger partial charge in [0.15, 0.2) is 0 Å². The van der Waals surface area contributed by atoms with Crippen molar-refractivity contribution < 1.29 is 19.8 Å². The van der Waals surface area contributed by atoms with E-state index in [9.17, 15) is 19.8 Å². The number of hydrogen-bond acceptors (Lipinski definition) is 5. The van der Waals surface area contributed by atoms with Gasteiger partial charge in [-0.1, -0.05) is 46.3 Å². The molecule has 1 heterocycles. The van der Waals surface area contributed by atoms with Gasteiger partial charge in [0, 0.05) is 6.54 Å². The zero-order valence-corrected chi connectivity index (χ0v) is 12.7. The number of carboxylic acid groups (broad SMARTS) is 2. The molecule has 2 aromatic rings. The molecule has 2 rings (SSSR count). The number of benzene rings is 1. The number of alkyl halides is 1. The Kier molecular flexibility index (Phi) is 4.42. The molecule has 0 N–H and O–H groups in total. The molecular weight excluding hydrogens is 340 g/mol. The number of halogens is 1. The molecule has 0 amide bonds. The SMILES string of the molecule is CC(Br)c1nc(C(=O)[O-])c(C(=O)[O-])n1Cc1ccccc1. The van der Waals surface area contributed by atoms with Crippen molar-refractivity contribution in [3.63, 3.8) is 0 Å². The highest BCUT2D eigenvalue weighted by Gasteiger charge is 2.21. The summed E-state index contributed by atoms with van der Waals surface area (Å²) >= 11 is 3.28. The van der Waals surface area contributed by atoms with Gasteiger partial charge in [-0.2, -0.15) is 0 Å². The van der Waals surface area contributed by atoms with Crippen LogP contribution in [0.25, 0.3) is 0 Å². The minimum Gasteiger partial charge on any atom is -0.543 e. The van der Waals surface area contributed by atoms with E-state index in [1.807, 2.05) is 18.2 Å². The number of rotatable bonds is 5. The first-order chi connectivity index (χ1) is 9.91. The third-order valence-corrected chi connectivity index (χ3v) is 3.33. The molecule has 0 saturated heterocycles. The van der Waals surface area contributed by atoms with E-state index in [4.69, 9.17) is 0 Å². The van der Waals surface area contributed by atoms with Crippen molar-refractivity contribution in [2.24, 2.45) is 0 Å². The zero-order valence-electron chi connectivity index (χ0n) is 11.1. The van der Waals surface area contributed by atoms with E-state index in [1.54, 1.807) is 19.1 Å². The van der Waals surface area contributed by atoms with Crippen LogP contribution >= 0.6 is 15.9 Å². The van der Waals surface area contributed by atoms with Gasteiger partial charge in [0.05, 0.1) is 22.5 Å². The molecule has 1 atom stereocenters. The van der Waals surface area contributed by atoms with Crippen LogP contribution < -0.4 is 10.2 Å². The molecule has 0 aliphatic carbocycles. The van der Waals surface area contributed by atoms with Gasteiger partial charge in [-0.25, -0.2) is 4.98 Å². The molecular formula is C14H11BrN2O4-2. The van der Waals surface area contributed by atoms with E-state index < -0.39 is 23.3 Å². The van der Waals surface area contributed by atoms with Crippen molar-refractivity contribution in [1.29, 1.82) is 0 Å². The molecule has 6 nitrogen and oxygen atoms in total. The summed E-state index contributed by atoms with van der Waals surface area (Å²) in [6.45, 7) is 1.90. The van der Waals surface area contributed by atoms with Crippen molar-refractivity contribution in [1.82, 2.24) is 9.55 Å². The number of nitrogens with zero attached hydrogens (tertiary/aromatic N) is 2. The fraction of sp³-hybridized carbons (Fsp3) is 0.214. The second-order valence-corrected chi connectivity index (χ2v) is 5.80. The Balaban J connectivity index is 2.60. The van der Waals surface area contributed by atoms with Crippen LogP contribution in [0.15, 0.2) is 30.3 Å². The topological polar surface area (TPSA) is 98.1 Å². The zero-order chi connectivity index (χ0) is 15.6. The van der Waals surface area contributed by atoms with Crippen LogP contribution in [0.3, 0.4) is 0 Å². The molecule has 0 spiro atoms. The van der Waals surface area contributed by atoms with Gasteiger partial charge >= 0.3 is 0 Å². The molecule has 0 aliphatic rings. The summed E-state index contributed by atoms with van der Waals surface area (Å²) in [4.78, 5) is 25.9. The molecule has 21 heavy (non-hydrogen) atoms.